The third-order valence-corrected chi connectivity index (χ3v) is 5.12. The molecule has 26 heavy (non-hydrogen) atoms. The number of amides is 2. The lowest BCUT2D eigenvalue weighted by Gasteiger charge is -2.29. The second-order valence-corrected chi connectivity index (χ2v) is 7.07. The van der Waals surface area contributed by atoms with Crippen LogP contribution in [0.1, 0.15) is 0 Å². The average molecular weight is 387 g/mol. The van der Waals surface area contributed by atoms with Crippen molar-refractivity contribution in [2.45, 2.75) is 6.10 Å². The minimum absolute atomic E-state index is 0.0450. The number of benzene rings is 1. The van der Waals surface area contributed by atoms with E-state index in [1.54, 1.807) is 16.7 Å². The van der Waals surface area contributed by atoms with Crippen LogP contribution in [0, 0.1) is 11.6 Å². The standard InChI is InChI=1S/C16H19F2N3O4S/c1-24-15(22)19-8-11-9-21(16(23)25-11)10-6-12(17)14(13(18)7-10)20-2-4-26-5-3-20/h6-7,11H,2-5,8-9H2,1H3,(H,19,22)/t11-/m0/s1. The largest absolute Gasteiger partial charge is 0.453 e. The first kappa shape index (κ1) is 18.6. The van der Waals surface area contributed by atoms with Gasteiger partial charge in [-0.25, -0.2) is 18.4 Å². The SMILES string of the molecule is COC(=O)NC[C@H]1CN(c2cc(F)c(N3CCSCC3)c(F)c2)C(=O)O1. The number of nitrogens with zero attached hydrogens (tertiary/aromatic N) is 2. The van der Waals surface area contributed by atoms with E-state index in [0.717, 1.165) is 28.5 Å². The summed E-state index contributed by atoms with van der Waals surface area (Å²) in [7, 11) is 1.22. The van der Waals surface area contributed by atoms with Crippen molar-refractivity contribution in [3.05, 3.63) is 23.8 Å². The zero-order valence-electron chi connectivity index (χ0n) is 14.2. The van der Waals surface area contributed by atoms with Crippen LogP contribution in [0.15, 0.2) is 12.1 Å². The van der Waals surface area contributed by atoms with Crippen molar-refractivity contribution in [2.75, 3.05) is 54.6 Å². The lowest BCUT2D eigenvalue weighted by atomic mass is 10.2. The van der Waals surface area contributed by atoms with Crippen LogP contribution >= 0.6 is 11.8 Å². The molecule has 1 atom stereocenters. The molecule has 3 rings (SSSR count). The molecular formula is C16H19F2N3O4S. The number of halogens is 2. The van der Waals surface area contributed by atoms with Crippen molar-refractivity contribution >= 4 is 35.3 Å². The van der Waals surface area contributed by atoms with Gasteiger partial charge >= 0.3 is 12.2 Å². The van der Waals surface area contributed by atoms with Crippen LogP contribution in [0.4, 0.5) is 29.7 Å². The van der Waals surface area contributed by atoms with Crippen LogP contribution in [0.3, 0.4) is 0 Å². The Morgan fingerprint density at radius 3 is 2.62 bits per heavy atom. The number of methoxy groups -OCH3 is 1. The number of carbonyl (C=O) groups is 2. The first-order valence-corrected chi connectivity index (χ1v) is 9.26. The summed E-state index contributed by atoms with van der Waals surface area (Å²) in [5.41, 5.74) is 0.0197. The highest BCUT2D eigenvalue weighted by Crippen LogP contribution is 2.32. The molecule has 2 aliphatic heterocycles. The molecule has 0 aromatic heterocycles. The van der Waals surface area contributed by atoms with Crippen LogP contribution in [-0.2, 0) is 9.47 Å². The fourth-order valence-corrected chi connectivity index (χ4v) is 3.81. The smallest absolute Gasteiger partial charge is 0.414 e. The number of anilines is 2. The minimum atomic E-state index is -0.720. The Balaban J connectivity index is 1.73. The van der Waals surface area contributed by atoms with E-state index in [2.05, 4.69) is 10.1 Å². The van der Waals surface area contributed by atoms with Crippen LogP contribution in [0.5, 0.6) is 0 Å². The fourth-order valence-electron chi connectivity index (χ4n) is 2.91. The van der Waals surface area contributed by atoms with E-state index < -0.39 is 29.9 Å². The number of carbonyl (C=O) groups excluding carboxylic acids is 2. The number of hydrogen-bond acceptors (Lipinski definition) is 6. The average Bonchev–Trinajstić information content (AvgIpc) is 3.00. The van der Waals surface area contributed by atoms with Gasteiger partial charge in [-0.15, -0.1) is 0 Å². The zero-order valence-corrected chi connectivity index (χ0v) is 15.0. The van der Waals surface area contributed by atoms with Gasteiger partial charge in [0.1, 0.15) is 11.8 Å². The molecule has 0 spiro atoms. The van der Waals surface area contributed by atoms with Crippen molar-refractivity contribution in [3.8, 4) is 0 Å². The molecule has 2 amide bonds. The van der Waals surface area contributed by atoms with E-state index in [1.165, 1.54) is 7.11 Å². The number of nitrogens with one attached hydrogen (secondary N) is 1. The Kier molecular flexibility index (Phi) is 5.70. The van der Waals surface area contributed by atoms with E-state index in [-0.39, 0.29) is 24.5 Å². The number of thioether (sulfide) groups is 1. The third kappa shape index (κ3) is 3.95. The summed E-state index contributed by atoms with van der Waals surface area (Å²) in [5.74, 6) is 0.203. The zero-order chi connectivity index (χ0) is 18.7. The fraction of sp³-hybridized carbons (Fsp3) is 0.500. The highest BCUT2D eigenvalue weighted by Gasteiger charge is 2.34. The normalized spacial score (nSPS) is 20.1. The Morgan fingerprint density at radius 1 is 1.35 bits per heavy atom. The first-order chi connectivity index (χ1) is 12.5. The van der Waals surface area contributed by atoms with Crippen molar-refractivity contribution < 1.29 is 27.8 Å². The number of rotatable bonds is 4. The van der Waals surface area contributed by atoms with Crippen molar-refractivity contribution in [2.24, 2.45) is 0 Å². The molecule has 1 aromatic carbocycles. The lowest BCUT2D eigenvalue weighted by Crippen LogP contribution is -2.35. The third-order valence-electron chi connectivity index (χ3n) is 4.17. The van der Waals surface area contributed by atoms with Crippen molar-refractivity contribution in [1.82, 2.24) is 5.32 Å². The Hall–Kier alpha value is -2.23. The van der Waals surface area contributed by atoms with Gasteiger partial charge < -0.3 is 19.7 Å². The Labute approximate surface area is 153 Å². The second-order valence-electron chi connectivity index (χ2n) is 5.85. The maximum atomic E-state index is 14.5. The van der Waals surface area contributed by atoms with Crippen LogP contribution in [0.25, 0.3) is 0 Å². The molecule has 2 fully saturated rings. The number of ether oxygens (including phenoxy) is 2. The Morgan fingerprint density at radius 2 is 2.00 bits per heavy atom. The maximum Gasteiger partial charge on any atom is 0.414 e. The van der Waals surface area contributed by atoms with Crippen LogP contribution < -0.4 is 15.1 Å². The summed E-state index contributed by atoms with van der Waals surface area (Å²) < 4.78 is 38.6. The van der Waals surface area contributed by atoms with Gasteiger partial charge in [0.2, 0.25) is 0 Å². The van der Waals surface area contributed by atoms with Crippen molar-refractivity contribution in [1.29, 1.82) is 0 Å². The first-order valence-electron chi connectivity index (χ1n) is 8.11. The molecule has 10 heteroatoms. The van der Waals surface area contributed by atoms with E-state index >= 15 is 0 Å². The van der Waals surface area contributed by atoms with Crippen LogP contribution in [-0.4, -0.2) is 63.1 Å². The molecule has 1 aromatic rings. The number of alkyl carbamates (subject to hydrolysis) is 1. The van der Waals surface area contributed by atoms with E-state index in [0.29, 0.717) is 13.1 Å². The summed E-state index contributed by atoms with van der Waals surface area (Å²) in [6.07, 6.45) is -2.00. The summed E-state index contributed by atoms with van der Waals surface area (Å²) >= 11 is 1.74. The van der Waals surface area contributed by atoms with Gasteiger partial charge in [0.25, 0.3) is 0 Å². The molecule has 0 aliphatic carbocycles. The lowest BCUT2D eigenvalue weighted by molar-refractivity contribution is 0.132. The highest BCUT2D eigenvalue weighted by molar-refractivity contribution is 7.99. The quantitative estimate of drug-likeness (QED) is 0.854. The molecule has 0 unspecified atom stereocenters. The van der Waals surface area contributed by atoms with Gasteiger partial charge in [0, 0.05) is 36.7 Å². The molecule has 2 aliphatic rings. The predicted molar refractivity (Wildman–Crippen MR) is 93.9 cm³/mol. The molecule has 7 nitrogen and oxygen atoms in total. The summed E-state index contributed by atoms with van der Waals surface area (Å²) in [6.45, 7) is 1.26. The molecule has 0 radical (unpaired) electrons. The number of cyclic esters (lactones) is 1. The van der Waals surface area contributed by atoms with Crippen molar-refractivity contribution in [3.63, 3.8) is 0 Å². The molecule has 1 N–H and O–H groups in total. The topological polar surface area (TPSA) is 71.1 Å². The highest BCUT2D eigenvalue weighted by atomic mass is 32.2. The second kappa shape index (κ2) is 7.98. The summed E-state index contributed by atoms with van der Waals surface area (Å²) in [4.78, 5) is 25.9. The van der Waals surface area contributed by atoms with Crippen LogP contribution in [0.2, 0.25) is 0 Å². The van der Waals surface area contributed by atoms with Gasteiger partial charge in [-0.3, -0.25) is 4.90 Å². The van der Waals surface area contributed by atoms with E-state index in [9.17, 15) is 18.4 Å². The molecular weight excluding hydrogens is 368 g/mol. The van der Waals surface area contributed by atoms with Gasteiger partial charge in [0.15, 0.2) is 11.6 Å². The summed E-state index contributed by atoms with van der Waals surface area (Å²) in [5, 5.41) is 2.42. The molecule has 142 valence electrons. The Bertz CT molecular complexity index is 677. The number of hydrogen-bond donors (Lipinski definition) is 1. The van der Waals surface area contributed by atoms with Gasteiger partial charge in [-0.1, -0.05) is 0 Å². The van der Waals surface area contributed by atoms with E-state index in [1.807, 2.05) is 0 Å². The predicted octanol–water partition coefficient (Wildman–Crippen LogP) is 2.20. The monoisotopic (exact) mass is 387 g/mol. The molecule has 2 heterocycles. The molecule has 2 saturated heterocycles. The maximum absolute atomic E-state index is 14.5. The molecule has 0 saturated carbocycles. The minimum Gasteiger partial charge on any atom is -0.453 e. The molecule has 0 bridgehead atoms. The van der Waals surface area contributed by atoms with Gasteiger partial charge in [0.05, 0.1) is 25.9 Å². The van der Waals surface area contributed by atoms with Gasteiger partial charge in [-0.05, 0) is 0 Å². The van der Waals surface area contributed by atoms with Gasteiger partial charge in [-0.2, -0.15) is 11.8 Å². The summed E-state index contributed by atoms with van der Waals surface area (Å²) in [6, 6.07) is 2.27. The van der Waals surface area contributed by atoms with E-state index in [4.69, 9.17) is 4.74 Å².